The number of fused-ring (bicyclic) bond motifs is 1. The predicted molar refractivity (Wildman–Crippen MR) is 128 cm³/mol. The van der Waals surface area contributed by atoms with E-state index in [1.165, 1.54) is 25.1 Å². The summed E-state index contributed by atoms with van der Waals surface area (Å²) in [5.74, 6) is -3.49. The Labute approximate surface area is 212 Å². The van der Waals surface area contributed by atoms with E-state index in [1.807, 2.05) is 0 Å². The number of carbonyl (C=O) groups excluding carboxylic acids is 2. The zero-order chi connectivity index (χ0) is 26.8. The topological polar surface area (TPSA) is 114 Å². The van der Waals surface area contributed by atoms with E-state index in [0.29, 0.717) is 0 Å². The largest absolute Gasteiger partial charge is 0.484 e. The first-order chi connectivity index (χ1) is 17.4. The molecule has 0 bridgehead atoms. The first-order valence-electron chi connectivity index (χ1n) is 11.6. The second-order valence-corrected chi connectivity index (χ2v) is 10.8. The van der Waals surface area contributed by atoms with E-state index < -0.39 is 40.1 Å². The van der Waals surface area contributed by atoms with Crippen molar-refractivity contribution < 1.29 is 40.7 Å². The molecule has 4 rings (SSSR count). The van der Waals surface area contributed by atoms with Gasteiger partial charge in [-0.2, -0.15) is 0 Å². The molecular weight excluding hydrogens is 515 g/mol. The minimum Gasteiger partial charge on any atom is -0.484 e. The number of halogens is 3. The zero-order valence-electron chi connectivity index (χ0n) is 19.9. The van der Waals surface area contributed by atoms with Crippen LogP contribution in [0, 0.1) is 5.82 Å². The van der Waals surface area contributed by atoms with Crippen LogP contribution < -0.4 is 19.7 Å². The SMILES string of the molecule is CC(=O)NCC1CN(S(=O)(=O)c2ccc(F)cc2)c2cc(NC(=O)OC3CCC(F)(F)CC3)ccc2O1. The summed E-state index contributed by atoms with van der Waals surface area (Å²) in [6, 6.07) is 8.63. The van der Waals surface area contributed by atoms with Gasteiger partial charge in [-0.05, 0) is 55.3 Å². The van der Waals surface area contributed by atoms with Crippen molar-refractivity contribution in [3.63, 3.8) is 0 Å². The van der Waals surface area contributed by atoms with Gasteiger partial charge in [0.1, 0.15) is 23.8 Å². The van der Waals surface area contributed by atoms with Gasteiger partial charge < -0.3 is 14.8 Å². The van der Waals surface area contributed by atoms with Gasteiger partial charge in [0.2, 0.25) is 11.8 Å². The lowest BCUT2D eigenvalue weighted by molar-refractivity contribution is -0.119. The van der Waals surface area contributed by atoms with E-state index in [1.54, 1.807) is 0 Å². The minimum absolute atomic E-state index is 0.0387. The normalized spacial score (nSPS) is 19.4. The van der Waals surface area contributed by atoms with Crippen LogP contribution in [-0.4, -0.2) is 51.6 Å². The van der Waals surface area contributed by atoms with E-state index in [-0.39, 0.29) is 66.7 Å². The fourth-order valence-corrected chi connectivity index (χ4v) is 5.64. The Balaban J connectivity index is 1.56. The third kappa shape index (κ3) is 6.45. The minimum atomic E-state index is -4.18. The molecule has 0 radical (unpaired) electrons. The Bertz CT molecular complexity index is 1260. The Hall–Kier alpha value is -3.48. The molecule has 1 fully saturated rings. The molecule has 1 saturated carbocycles. The fraction of sp³-hybridized carbons (Fsp3) is 0.417. The summed E-state index contributed by atoms with van der Waals surface area (Å²) in [4.78, 5) is 23.6. The van der Waals surface area contributed by atoms with Crippen LogP contribution in [0.25, 0.3) is 0 Å². The van der Waals surface area contributed by atoms with Crippen molar-refractivity contribution in [3.8, 4) is 5.75 Å². The Kier molecular flexibility index (Phi) is 7.53. The van der Waals surface area contributed by atoms with Crippen LogP contribution in [0.2, 0.25) is 0 Å². The number of ether oxygens (including phenoxy) is 2. The first kappa shape index (κ1) is 26.6. The van der Waals surface area contributed by atoms with E-state index in [2.05, 4.69) is 10.6 Å². The highest BCUT2D eigenvalue weighted by atomic mass is 32.2. The number of rotatable bonds is 6. The molecule has 9 nitrogen and oxygen atoms in total. The molecule has 1 aliphatic carbocycles. The fourth-order valence-electron chi connectivity index (χ4n) is 4.15. The van der Waals surface area contributed by atoms with Crippen LogP contribution in [0.3, 0.4) is 0 Å². The molecule has 1 unspecified atom stereocenters. The highest BCUT2D eigenvalue weighted by Crippen LogP contribution is 2.39. The molecule has 0 spiro atoms. The number of nitrogens with one attached hydrogen (secondary N) is 2. The number of benzene rings is 2. The average Bonchev–Trinajstić information content (AvgIpc) is 2.84. The van der Waals surface area contributed by atoms with Crippen LogP contribution in [0.15, 0.2) is 47.4 Å². The maximum atomic E-state index is 13.5. The second kappa shape index (κ2) is 10.5. The van der Waals surface area contributed by atoms with E-state index >= 15 is 0 Å². The number of hydrogen-bond donors (Lipinski definition) is 2. The first-order valence-corrected chi connectivity index (χ1v) is 13.1. The van der Waals surface area contributed by atoms with Gasteiger partial charge in [0, 0.05) is 25.5 Å². The van der Waals surface area contributed by atoms with Gasteiger partial charge in [0.15, 0.2) is 0 Å². The highest BCUT2D eigenvalue weighted by molar-refractivity contribution is 7.92. The van der Waals surface area contributed by atoms with Crippen molar-refractivity contribution in [3.05, 3.63) is 48.3 Å². The number of sulfonamides is 1. The third-order valence-electron chi connectivity index (χ3n) is 6.06. The Morgan fingerprint density at radius 1 is 1.14 bits per heavy atom. The molecule has 2 amide bonds. The monoisotopic (exact) mass is 541 g/mol. The van der Waals surface area contributed by atoms with Gasteiger partial charge in [-0.3, -0.25) is 14.4 Å². The second-order valence-electron chi connectivity index (χ2n) is 8.94. The molecule has 2 N–H and O–H groups in total. The maximum Gasteiger partial charge on any atom is 0.411 e. The maximum absolute atomic E-state index is 13.5. The van der Waals surface area contributed by atoms with Gasteiger partial charge in [0.05, 0.1) is 23.7 Å². The smallest absolute Gasteiger partial charge is 0.411 e. The highest BCUT2D eigenvalue weighted by Gasteiger charge is 2.37. The number of hydrogen-bond acceptors (Lipinski definition) is 6. The molecule has 37 heavy (non-hydrogen) atoms. The summed E-state index contributed by atoms with van der Waals surface area (Å²) >= 11 is 0. The van der Waals surface area contributed by atoms with Crippen molar-refractivity contribution in [1.29, 1.82) is 0 Å². The van der Waals surface area contributed by atoms with Gasteiger partial charge in [-0.1, -0.05) is 0 Å². The molecule has 0 saturated heterocycles. The molecular formula is C24H26F3N3O6S. The number of nitrogens with zero attached hydrogens (tertiary/aromatic N) is 1. The van der Waals surface area contributed by atoms with Gasteiger partial charge in [-0.25, -0.2) is 26.4 Å². The van der Waals surface area contributed by atoms with Gasteiger partial charge in [-0.15, -0.1) is 0 Å². The van der Waals surface area contributed by atoms with Crippen LogP contribution in [0.5, 0.6) is 5.75 Å². The van der Waals surface area contributed by atoms with Crippen LogP contribution >= 0.6 is 0 Å². The van der Waals surface area contributed by atoms with Crippen molar-refractivity contribution in [2.24, 2.45) is 0 Å². The summed E-state index contributed by atoms with van der Waals surface area (Å²) in [5, 5.41) is 5.09. The lowest BCUT2D eigenvalue weighted by Gasteiger charge is -2.35. The summed E-state index contributed by atoms with van der Waals surface area (Å²) in [6.45, 7) is 1.19. The summed E-state index contributed by atoms with van der Waals surface area (Å²) in [7, 11) is -4.18. The van der Waals surface area contributed by atoms with Crippen molar-refractivity contribution >= 4 is 33.4 Å². The van der Waals surface area contributed by atoms with Crippen molar-refractivity contribution in [1.82, 2.24) is 5.32 Å². The van der Waals surface area contributed by atoms with Crippen LogP contribution in [-0.2, 0) is 19.6 Å². The Morgan fingerprint density at radius 2 is 1.81 bits per heavy atom. The van der Waals surface area contributed by atoms with Gasteiger partial charge >= 0.3 is 6.09 Å². The number of carbonyl (C=O) groups is 2. The molecule has 1 aliphatic heterocycles. The zero-order valence-corrected chi connectivity index (χ0v) is 20.7. The lowest BCUT2D eigenvalue weighted by atomic mass is 9.94. The van der Waals surface area contributed by atoms with E-state index in [0.717, 1.165) is 28.6 Å². The molecule has 2 aromatic rings. The van der Waals surface area contributed by atoms with Crippen molar-refractivity contribution in [2.45, 2.75) is 55.6 Å². The summed E-state index contributed by atoms with van der Waals surface area (Å²) in [5.41, 5.74) is 0.298. The molecule has 0 aromatic heterocycles. The molecule has 200 valence electrons. The van der Waals surface area contributed by atoms with Crippen LogP contribution in [0.4, 0.5) is 29.3 Å². The Morgan fingerprint density at radius 3 is 2.46 bits per heavy atom. The predicted octanol–water partition coefficient (Wildman–Crippen LogP) is 4.04. The number of amides is 2. The van der Waals surface area contributed by atoms with Gasteiger partial charge in [0.25, 0.3) is 10.0 Å². The standard InChI is InChI=1S/C24H26F3N3O6S/c1-15(31)28-13-19-14-30(37(33,34)20-5-2-16(25)3-6-20)21-12-17(4-7-22(21)35-19)29-23(32)36-18-8-10-24(26,27)11-9-18/h2-7,12,18-19H,8-11,13-14H2,1H3,(H,28,31)(H,29,32). The molecule has 13 heteroatoms. The van der Waals surface area contributed by atoms with Crippen LogP contribution in [0.1, 0.15) is 32.6 Å². The van der Waals surface area contributed by atoms with E-state index in [4.69, 9.17) is 9.47 Å². The number of alkyl halides is 2. The molecule has 1 heterocycles. The summed E-state index contributed by atoms with van der Waals surface area (Å²) in [6.07, 6.45) is -2.88. The van der Waals surface area contributed by atoms with E-state index in [9.17, 15) is 31.2 Å². The number of anilines is 2. The third-order valence-corrected chi connectivity index (χ3v) is 7.85. The summed E-state index contributed by atoms with van der Waals surface area (Å²) < 4.78 is 79.3. The van der Waals surface area contributed by atoms with Crippen molar-refractivity contribution in [2.75, 3.05) is 22.7 Å². The molecule has 2 aromatic carbocycles. The molecule has 1 atom stereocenters. The lowest BCUT2D eigenvalue weighted by Crippen LogP contribution is -2.48. The average molecular weight is 542 g/mol. The quantitative estimate of drug-likeness (QED) is 0.571. The molecule has 2 aliphatic rings.